The molecule has 8 rings (SSSR count). The van der Waals surface area contributed by atoms with Crippen LogP contribution in [0.3, 0.4) is 0 Å². The van der Waals surface area contributed by atoms with Crippen LogP contribution >= 0.6 is 0 Å². The van der Waals surface area contributed by atoms with E-state index in [1.165, 1.54) is 6.92 Å². The molecular formula is C59H98N4O43. The van der Waals surface area contributed by atoms with Crippen LogP contribution in [0, 0.1) is 0 Å². The first-order valence-corrected chi connectivity index (χ1v) is 33.6. The van der Waals surface area contributed by atoms with Crippen molar-refractivity contribution in [3.8, 4) is 0 Å². The Morgan fingerprint density at radius 3 is 1.36 bits per heavy atom. The molecule has 106 heavy (non-hydrogen) atoms. The van der Waals surface area contributed by atoms with Crippen LogP contribution in [0.15, 0.2) is 0 Å². The van der Waals surface area contributed by atoms with Crippen LogP contribution in [-0.4, -0.2) is 444 Å². The van der Waals surface area contributed by atoms with Gasteiger partial charge in [-0.3, -0.25) is 19.2 Å². The van der Waals surface area contributed by atoms with Gasteiger partial charge in [0.25, 0.3) is 5.79 Å². The number of hydrogen-bond donors (Lipinski definition) is 27. The summed E-state index contributed by atoms with van der Waals surface area (Å²) in [7, 11) is 0. The fourth-order valence-corrected chi connectivity index (χ4v) is 13.6. The molecule has 0 aromatic rings. The van der Waals surface area contributed by atoms with E-state index in [-0.39, 0.29) is 0 Å². The summed E-state index contributed by atoms with van der Waals surface area (Å²) in [6, 6.07) is -7.34. The van der Waals surface area contributed by atoms with Crippen LogP contribution in [0.4, 0.5) is 0 Å². The van der Waals surface area contributed by atoms with E-state index < -0.39 is 333 Å². The molecule has 8 aliphatic heterocycles. The first kappa shape index (κ1) is 87.4. The molecule has 1 unspecified atom stereocenters. The van der Waals surface area contributed by atoms with Crippen molar-refractivity contribution in [2.24, 2.45) is 0 Å². The van der Waals surface area contributed by atoms with Crippen LogP contribution in [0.1, 0.15) is 41.0 Å². The summed E-state index contributed by atoms with van der Waals surface area (Å²) in [6.07, 6.45) is -75.0. The summed E-state index contributed by atoms with van der Waals surface area (Å²) in [5.41, 5.74) is 0. The average molecular weight is 1550 g/mol. The standard InChI is InChI=1S/C59H98N4O43/c1-14-31(76)38(83)40(85)54(93-14)103-48-30(63-18(5)73)53(99-25(12-69)45(48)101-55-41(86)39(84)33(78)21(8-65)95-55)104-49-34(79)22(9-66)96-56(42(49)87)100-44-24(11-68)98-52(28(37(44)82)61-16(3)71)92-13-26-36(81)46(29(51(89)94-26)62-17(4)72)102-57-43(88)50(35(80)23(10-67)97-57)106-59(58(90)91)6-19(74)27(60-15(2)70)47(105-59)32(77)20(75)7-64/h14,19-57,64-69,74-89H,6-13H2,1-5H3,(H,60,70)(H,61,71)(H,62,72)(H,63,73)(H,90,91)/t14-,19+,20-,21-,22-,23-,24-,25-,26-,27-,28-,29-,30-,31+,32-,33+,34+,35+,36+,37-,38+,39+,40-,41-,42-,43-,44-,45-,46-,47-,48-,49+,50+,51?,52-,53+,54-,55+,56+,57+,59+/m1/s1. The Kier molecular flexibility index (Phi) is 30.9. The zero-order valence-corrected chi connectivity index (χ0v) is 57.2. The van der Waals surface area contributed by atoms with Gasteiger partial charge in [-0.1, -0.05) is 0 Å². The minimum absolute atomic E-state index is 0.853. The fourth-order valence-electron chi connectivity index (χ4n) is 13.6. The predicted octanol–water partition coefficient (Wildman–Crippen LogP) is -17.6. The van der Waals surface area contributed by atoms with Crippen LogP contribution in [0.2, 0.25) is 0 Å². The summed E-state index contributed by atoms with van der Waals surface area (Å²) in [5, 5.41) is 262. The van der Waals surface area contributed by atoms with Gasteiger partial charge >= 0.3 is 5.97 Å². The van der Waals surface area contributed by atoms with Crippen molar-refractivity contribution in [1.29, 1.82) is 0 Å². The Labute approximate surface area is 600 Å². The second-order valence-corrected chi connectivity index (χ2v) is 26.8. The molecule has 0 aliphatic carbocycles. The lowest BCUT2D eigenvalue weighted by molar-refractivity contribution is -0.390. The van der Waals surface area contributed by atoms with E-state index in [1.54, 1.807) is 0 Å². The molecule has 41 atom stereocenters. The fraction of sp³-hybridized carbons (Fsp3) is 0.915. The number of ether oxygens (including phenoxy) is 15. The number of carboxylic acid groups (broad SMARTS) is 1. The average Bonchev–Trinajstić information content (AvgIpc) is 0.749. The maximum absolute atomic E-state index is 13.2. The number of aliphatic hydroxyl groups excluding tert-OH is 22. The third-order valence-corrected chi connectivity index (χ3v) is 19.2. The summed E-state index contributed by atoms with van der Waals surface area (Å²) >= 11 is 0. The quantitative estimate of drug-likeness (QED) is 0.0346. The summed E-state index contributed by atoms with van der Waals surface area (Å²) in [5.74, 6) is -9.00. The number of aliphatic carboxylic acids is 1. The van der Waals surface area contributed by atoms with Crippen molar-refractivity contribution >= 4 is 29.6 Å². The molecule has 0 aromatic heterocycles. The van der Waals surface area contributed by atoms with Gasteiger partial charge in [-0.2, -0.15) is 0 Å². The van der Waals surface area contributed by atoms with Gasteiger partial charge in [-0.05, 0) is 6.92 Å². The van der Waals surface area contributed by atoms with Crippen molar-refractivity contribution in [2.45, 2.75) is 292 Å². The van der Waals surface area contributed by atoms with Gasteiger partial charge in [0.2, 0.25) is 23.6 Å². The highest BCUT2D eigenvalue weighted by Crippen LogP contribution is 2.41. The zero-order valence-electron chi connectivity index (χ0n) is 57.2. The zero-order chi connectivity index (χ0) is 78.6. The third kappa shape index (κ3) is 19.1. The van der Waals surface area contributed by atoms with Gasteiger partial charge in [-0.25, -0.2) is 4.79 Å². The molecule has 27 N–H and O–H groups in total. The number of aliphatic hydroxyl groups is 22. The molecule has 8 fully saturated rings. The second kappa shape index (κ2) is 37.5. The molecule has 0 aromatic carbocycles. The number of hydrogen-bond acceptors (Lipinski definition) is 42. The largest absolute Gasteiger partial charge is 0.477 e. The third-order valence-electron chi connectivity index (χ3n) is 19.2. The van der Waals surface area contributed by atoms with E-state index in [1.807, 2.05) is 0 Å². The van der Waals surface area contributed by atoms with E-state index >= 15 is 0 Å². The lowest BCUT2D eigenvalue weighted by Crippen LogP contribution is -2.71. The predicted molar refractivity (Wildman–Crippen MR) is 327 cm³/mol. The Hall–Kier alpha value is -4.13. The number of carbonyl (C=O) groups excluding carboxylic acids is 4. The highest BCUT2D eigenvalue weighted by Gasteiger charge is 2.63. The molecule has 8 saturated heterocycles. The van der Waals surface area contributed by atoms with Gasteiger partial charge < -0.3 is 210 Å². The molecule has 8 aliphatic rings. The van der Waals surface area contributed by atoms with Gasteiger partial charge in [0.15, 0.2) is 44.0 Å². The lowest BCUT2D eigenvalue weighted by Gasteiger charge is -2.52. The molecule has 47 nitrogen and oxygen atoms in total. The van der Waals surface area contributed by atoms with E-state index in [9.17, 15) is 141 Å². The Bertz CT molecular complexity index is 2850. The second-order valence-electron chi connectivity index (χ2n) is 26.8. The number of amides is 4. The van der Waals surface area contributed by atoms with Gasteiger partial charge in [-0.15, -0.1) is 0 Å². The molecule has 0 bridgehead atoms. The topological polar surface area (TPSA) is 737 Å². The molecule has 4 amide bonds. The van der Waals surface area contributed by atoms with Crippen molar-refractivity contribution in [1.82, 2.24) is 21.3 Å². The number of rotatable bonds is 28. The lowest BCUT2D eigenvalue weighted by atomic mass is 9.88. The van der Waals surface area contributed by atoms with E-state index in [0.29, 0.717) is 0 Å². The van der Waals surface area contributed by atoms with Crippen molar-refractivity contribution in [3.63, 3.8) is 0 Å². The van der Waals surface area contributed by atoms with Crippen LogP contribution in [0.25, 0.3) is 0 Å². The highest BCUT2D eigenvalue weighted by atomic mass is 16.8. The van der Waals surface area contributed by atoms with E-state index in [4.69, 9.17) is 71.1 Å². The monoisotopic (exact) mass is 1550 g/mol. The minimum atomic E-state index is -3.25. The number of nitrogens with one attached hydrogen (secondary N) is 4. The van der Waals surface area contributed by atoms with Crippen molar-refractivity contribution in [2.75, 3.05) is 46.2 Å². The van der Waals surface area contributed by atoms with Crippen molar-refractivity contribution < 1.29 is 212 Å². The van der Waals surface area contributed by atoms with Crippen LogP contribution < -0.4 is 21.3 Å². The van der Waals surface area contributed by atoms with Crippen molar-refractivity contribution in [3.05, 3.63) is 0 Å². The summed E-state index contributed by atoms with van der Waals surface area (Å²) in [6.45, 7) is -2.63. The van der Waals surface area contributed by atoms with Gasteiger partial charge in [0.05, 0.1) is 64.5 Å². The SMILES string of the molecule is CC(=O)N[C@H]1[C@H](OC[C@H]2OC(O)[C@H](NC(C)=O)[C@@H](O[C@@H]3O[C@H](CO)[C@H](O)[C@H](O[C@]4(C(=O)O)C[C@H](O)[C@@H](NC(C)=O)[C@H]([C@H](O)[C@H](O)CO)O4)[C@H]3O)[C@H]2O)O[C@H](CO)[C@@H](O[C@@H]2O[C@H](CO)[C@H](O)[C@H](O[C@@H]3O[C@H](CO)[C@@H](O[C@@H]4O[C@H](CO)[C@H](O)[C@H](O)[C@H]4O)[C@H](O[C@H]4O[C@H](C)[C@H](O)[C@H](O)[C@H]4O)[C@H]3NC(C)=O)[C@H]2O)[C@@H]1O. The molecule has 0 radical (unpaired) electrons. The number of carbonyl (C=O) groups is 5. The number of carboxylic acids is 1. The molecular weight excluding hydrogens is 1450 g/mol. The first-order chi connectivity index (χ1) is 49.9. The maximum atomic E-state index is 13.2. The van der Waals surface area contributed by atoms with E-state index in [0.717, 1.165) is 27.7 Å². The minimum Gasteiger partial charge on any atom is -0.477 e. The maximum Gasteiger partial charge on any atom is 0.364 e. The highest BCUT2D eigenvalue weighted by molar-refractivity contribution is 5.77. The van der Waals surface area contributed by atoms with Crippen LogP contribution in [-0.2, 0) is 95.0 Å². The summed E-state index contributed by atoms with van der Waals surface area (Å²) < 4.78 is 88.0. The smallest absolute Gasteiger partial charge is 0.364 e. The Morgan fingerprint density at radius 1 is 0.406 bits per heavy atom. The van der Waals surface area contributed by atoms with E-state index in [2.05, 4.69) is 21.3 Å². The summed E-state index contributed by atoms with van der Waals surface area (Å²) in [4.78, 5) is 64.0. The Morgan fingerprint density at radius 2 is 0.821 bits per heavy atom. The van der Waals surface area contributed by atoms with Gasteiger partial charge in [0, 0.05) is 34.1 Å². The molecule has 612 valence electrons. The normalized spacial score (nSPS) is 47.2. The van der Waals surface area contributed by atoms with Crippen LogP contribution in [0.5, 0.6) is 0 Å². The molecule has 47 heteroatoms. The molecule has 8 heterocycles. The van der Waals surface area contributed by atoms with Gasteiger partial charge in [0.1, 0.15) is 183 Å². The molecule has 0 spiro atoms. The molecule has 0 saturated carbocycles. The first-order valence-electron chi connectivity index (χ1n) is 33.6. The Balaban J connectivity index is 1.02.